The predicted molar refractivity (Wildman–Crippen MR) is 108 cm³/mol. The highest BCUT2D eigenvalue weighted by Gasteiger charge is 2.50. The summed E-state index contributed by atoms with van der Waals surface area (Å²) in [5, 5.41) is 3.36. The smallest absolute Gasteiger partial charge is 0.275 e. The van der Waals surface area contributed by atoms with Crippen molar-refractivity contribution in [1.82, 2.24) is 5.32 Å². The molecule has 1 aliphatic heterocycles. The van der Waals surface area contributed by atoms with E-state index in [0.29, 0.717) is 12.0 Å². The normalized spacial score (nSPS) is 35.4. The first-order valence-electron chi connectivity index (χ1n) is 11.1. The van der Waals surface area contributed by atoms with Gasteiger partial charge in [0.15, 0.2) is 6.54 Å². The first-order chi connectivity index (χ1) is 13.2. The molecule has 4 heteroatoms. The third-order valence-electron chi connectivity index (χ3n) is 7.83. The topological polar surface area (TPSA) is 36.8 Å². The number of hydrogen-bond donors (Lipinski definition) is 2. The number of carbonyl (C=O) groups excluding carboxylic acids is 1. The van der Waals surface area contributed by atoms with Gasteiger partial charge in [-0.1, -0.05) is 18.2 Å². The zero-order valence-electron chi connectivity index (χ0n) is 16.5. The number of amides is 1. The molecule has 5 aliphatic rings. The van der Waals surface area contributed by atoms with E-state index in [4.69, 9.17) is 0 Å². The molecular formula is C23H34N3O+. The summed E-state index contributed by atoms with van der Waals surface area (Å²) < 4.78 is 0. The number of rotatable bonds is 5. The van der Waals surface area contributed by atoms with Crippen molar-refractivity contribution in [3.05, 3.63) is 30.3 Å². The molecule has 6 rings (SSSR count). The van der Waals surface area contributed by atoms with Crippen LogP contribution in [0.25, 0.3) is 0 Å². The molecule has 0 spiro atoms. The zero-order chi connectivity index (χ0) is 18.3. The molecule has 146 valence electrons. The third-order valence-corrected chi connectivity index (χ3v) is 7.83. The largest absolute Gasteiger partial charge is 0.360 e. The van der Waals surface area contributed by atoms with E-state index in [9.17, 15) is 4.79 Å². The fourth-order valence-electron chi connectivity index (χ4n) is 6.98. The van der Waals surface area contributed by atoms with Crippen LogP contribution >= 0.6 is 0 Å². The van der Waals surface area contributed by atoms with Crippen molar-refractivity contribution >= 4 is 11.6 Å². The number of para-hydroxylation sites is 1. The van der Waals surface area contributed by atoms with Crippen LogP contribution in [0.4, 0.5) is 5.69 Å². The Morgan fingerprint density at radius 2 is 1.59 bits per heavy atom. The predicted octanol–water partition coefficient (Wildman–Crippen LogP) is 1.72. The van der Waals surface area contributed by atoms with Gasteiger partial charge in [-0.2, -0.15) is 0 Å². The molecule has 0 radical (unpaired) electrons. The Hall–Kier alpha value is -1.55. The van der Waals surface area contributed by atoms with Gasteiger partial charge in [0, 0.05) is 12.2 Å². The molecule has 4 saturated carbocycles. The van der Waals surface area contributed by atoms with Crippen LogP contribution in [0.5, 0.6) is 0 Å². The summed E-state index contributed by atoms with van der Waals surface area (Å²) in [6, 6.07) is 10.6. The van der Waals surface area contributed by atoms with Crippen molar-refractivity contribution in [2.45, 2.75) is 38.5 Å². The quantitative estimate of drug-likeness (QED) is 0.830. The van der Waals surface area contributed by atoms with Gasteiger partial charge in [-0.05, 0) is 73.8 Å². The average molecular weight is 369 g/mol. The molecular weight excluding hydrogens is 334 g/mol. The summed E-state index contributed by atoms with van der Waals surface area (Å²) in [4.78, 5) is 16.5. The van der Waals surface area contributed by atoms with Crippen LogP contribution in [-0.4, -0.2) is 45.2 Å². The van der Waals surface area contributed by atoms with Gasteiger partial charge >= 0.3 is 0 Å². The summed E-state index contributed by atoms with van der Waals surface area (Å²) >= 11 is 0. The Kier molecular flexibility index (Phi) is 4.63. The van der Waals surface area contributed by atoms with E-state index in [0.717, 1.165) is 50.5 Å². The first kappa shape index (κ1) is 17.5. The molecule has 0 aromatic heterocycles. The molecule has 27 heavy (non-hydrogen) atoms. The van der Waals surface area contributed by atoms with Gasteiger partial charge in [0.05, 0.1) is 26.2 Å². The number of anilines is 1. The highest BCUT2D eigenvalue weighted by molar-refractivity contribution is 5.76. The van der Waals surface area contributed by atoms with Crippen LogP contribution < -0.4 is 15.1 Å². The second-order valence-corrected chi connectivity index (χ2v) is 9.94. The second kappa shape index (κ2) is 7.12. The monoisotopic (exact) mass is 368 g/mol. The molecule has 1 heterocycles. The lowest BCUT2D eigenvalue weighted by atomic mass is 9.49. The number of hydrogen-bond acceptors (Lipinski definition) is 2. The van der Waals surface area contributed by atoms with Crippen molar-refractivity contribution in [3.8, 4) is 0 Å². The van der Waals surface area contributed by atoms with Crippen LogP contribution in [0.1, 0.15) is 38.5 Å². The minimum atomic E-state index is 0.272. The molecule has 1 aromatic carbocycles. The van der Waals surface area contributed by atoms with E-state index in [2.05, 4.69) is 40.5 Å². The molecule has 2 N–H and O–H groups in total. The Morgan fingerprint density at radius 1 is 1.00 bits per heavy atom. The van der Waals surface area contributed by atoms with Crippen LogP contribution in [0.3, 0.4) is 0 Å². The van der Waals surface area contributed by atoms with Crippen molar-refractivity contribution in [3.63, 3.8) is 0 Å². The zero-order valence-corrected chi connectivity index (χ0v) is 16.5. The number of benzene rings is 1. The Balaban J connectivity index is 1.08. The van der Waals surface area contributed by atoms with Gasteiger partial charge in [0.2, 0.25) is 0 Å². The lowest BCUT2D eigenvalue weighted by Gasteiger charge is -2.56. The molecule has 1 saturated heterocycles. The van der Waals surface area contributed by atoms with Gasteiger partial charge in [-0.25, -0.2) is 0 Å². The highest BCUT2D eigenvalue weighted by Crippen LogP contribution is 2.59. The highest BCUT2D eigenvalue weighted by atomic mass is 16.2. The number of piperazine rings is 1. The van der Waals surface area contributed by atoms with Gasteiger partial charge in [-0.3, -0.25) is 4.79 Å². The Morgan fingerprint density at radius 3 is 2.19 bits per heavy atom. The Labute approximate surface area is 163 Å². The van der Waals surface area contributed by atoms with Gasteiger partial charge in [0.1, 0.15) is 0 Å². The lowest BCUT2D eigenvalue weighted by molar-refractivity contribution is -0.892. The molecule has 1 amide bonds. The van der Waals surface area contributed by atoms with Crippen LogP contribution in [-0.2, 0) is 4.79 Å². The van der Waals surface area contributed by atoms with Gasteiger partial charge in [0.25, 0.3) is 5.91 Å². The summed E-state index contributed by atoms with van der Waals surface area (Å²) in [5.74, 6) is 3.16. The third kappa shape index (κ3) is 3.73. The van der Waals surface area contributed by atoms with E-state index in [1.54, 1.807) is 0 Å². The number of nitrogens with zero attached hydrogens (tertiary/aromatic N) is 1. The summed E-state index contributed by atoms with van der Waals surface area (Å²) in [5.41, 5.74) is 1.76. The van der Waals surface area contributed by atoms with E-state index in [1.165, 1.54) is 49.1 Å². The molecule has 5 fully saturated rings. The Bertz CT molecular complexity index is 630. The maximum atomic E-state index is 12.6. The second-order valence-electron chi connectivity index (χ2n) is 9.94. The minimum Gasteiger partial charge on any atom is -0.360 e. The van der Waals surface area contributed by atoms with Crippen molar-refractivity contribution < 1.29 is 9.69 Å². The average Bonchev–Trinajstić information content (AvgIpc) is 2.67. The van der Waals surface area contributed by atoms with Crippen molar-refractivity contribution in [2.24, 2.45) is 23.2 Å². The fourth-order valence-corrected chi connectivity index (χ4v) is 6.98. The lowest BCUT2D eigenvalue weighted by Crippen LogP contribution is -3.16. The van der Waals surface area contributed by atoms with Crippen LogP contribution in [0.15, 0.2) is 30.3 Å². The first-order valence-corrected chi connectivity index (χ1v) is 11.1. The number of carbonyl (C=O) groups is 1. The molecule has 0 atom stereocenters. The van der Waals surface area contributed by atoms with Crippen molar-refractivity contribution in [2.75, 3.05) is 44.2 Å². The van der Waals surface area contributed by atoms with Crippen LogP contribution in [0, 0.1) is 23.2 Å². The number of quaternary nitrogens is 1. The SMILES string of the molecule is O=C(C[NH+]1CCN(c2ccccc2)CC1)NCC12CC3CC(CC(C3)C1)C2. The van der Waals surface area contributed by atoms with E-state index >= 15 is 0 Å². The van der Waals surface area contributed by atoms with Gasteiger partial charge < -0.3 is 15.1 Å². The van der Waals surface area contributed by atoms with E-state index in [1.807, 2.05) is 0 Å². The van der Waals surface area contributed by atoms with E-state index in [-0.39, 0.29) is 5.91 Å². The molecule has 0 unspecified atom stereocenters. The fraction of sp³-hybridized carbons (Fsp3) is 0.696. The summed E-state index contributed by atoms with van der Waals surface area (Å²) in [6.07, 6.45) is 8.56. The summed E-state index contributed by atoms with van der Waals surface area (Å²) in [7, 11) is 0. The standard InChI is InChI=1S/C23H33N3O/c27-22(16-25-6-8-26(9-7-25)21-4-2-1-3-5-21)24-17-23-13-18-10-19(14-23)12-20(11-18)15-23/h1-5,18-20H,6-17H2,(H,24,27)/p+1. The summed E-state index contributed by atoms with van der Waals surface area (Å²) in [6.45, 7) is 5.79. The maximum absolute atomic E-state index is 12.6. The van der Waals surface area contributed by atoms with Crippen LogP contribution in [0.2, 0.25) is 0 Å². The maximum Gasteiger partial charge on any atom is 0.275 e. The van der Waals surface area contributed by atoms with E-state index < -0.39 is 0 Å². The molecule has 4 bridgehead atoms. The number of nitrogens with one attached hydrogen (secondary N) is 2. The van der Waals surface area contributed by atoms with Gasteiger partial charge in [-0.15, -0.1) is 0 Å². The molecule has 4 aliphatic carbocycles. The molecule has 4 nitrogen and oxygen atoms in total. The molecule has 1 aromatic rings. The van der Waals surface area contributed by atoms with Crippen molar-refractivity contribution in [1.29, 1.82) is 0 Å². The minimum absolute atomic E-state index is 0.272.